The fourth-order valence-electron chi connectivity index (χ4n) is 4.51. The fraction of sp³-hybridized carbons (Fsp3) is 0.250. The zero-order chi connectivity index (χ0) is 23.4. The normalized spacial score (nSPS) is 11.7. The number of halogens is 1. The first-order chi connectivity index (χ1) is 16.9. The maximum absolute atomic E-state index is 2.41. The predicted octanol–water partition coefficient (Wildman–Crippen LogP) is 7.95. The predicted molar refractivity (Wildman–Crippen MR) is 166 cm³/mol. The van der Waals surface area contributed by atoms with Crippen LogP contribution in [0, 0.1) is 0 Å². The average molecular weight is 564 g/mol. The molecule has 0 aliphatic heterocycles. The maximum Gasteiger partial charge on any atom is -0.0163 e. The second-order valence-electron chi connectivity index (χ2n) is 8.75. The van der Waals surface area contributed by atoms with Crippen LogP contribution in [-0.4, -0.2) is 12.3 Å². The van der Waals surface area contributed by atoms with Crippen molar-refractivity contribution in [2.24, 2.45) is 0 Å². The smallest absolute Gasteiger partial charge is 0.0163 e. The van der Waals surface area contributed by atoms with Crippen LogP contribution in [0.25, 0.3) is 0 Å². The molecule has 3 heteroatoms. The molecule has 0 fully saturated rings. The van der Waals surface area contributed by atoms with Crippen molar-refractivity contribution in [2.45, 2.75) is 39.0 Å². The molecule has 0 aromatic heterocycles. The Balaban J connectivity index is 0.00000342. The van der Waals surface area contributed by atoms with Gasteiger partial charge in [0.05, 0.1) is 0 Å². The second kappa shape index (κ2) is 15.4. The lowest BCUT2D eigenvalue weighted by atomic mass is 10.1. The molecule has 182 valence electrons. The van der Waals surface area contributed by atoms with E-state index in [0.717, 1.165) is 0 Å². The van der Waals surface area contributed by atoms with Gasteiger partial charge in [0.1, 0.15) is 0 Å². The van der Waals surface area contributed by atoms with E-state index in [2.05, 4.69) is 122 Å². The van der Waals surface area contributed by atoms with Crippen LogP contribution in [0.1, 0.15) is 38.2 Å². The van der Waals surface area contributed by atoms with Gasteiger partial charge in [-0.15, -0.1) is 17.0 Å². The van der Waals surface area contributed by atoms with E-state index in [4.69, 9.17) is 0 Å². The lowest BCUT2D eigenvalue weighted by Crippen LogP contribution is -2.18. The van der Waals surface area contributed by atoms with Crippen molar-refractivity contribution in [1.82, 2.24) is 0 Å². The minimum Gasteiger partial charge on any atom is -0.114 e. The van der Waals surface area contributed by atoms with Crippen molar-refractivity contribution < 1.29 is 0 Å². The largest absolute Gasteiger partial charge is 0.114 e. The standard InChI is InChI=1S/C32H36P2.BrH/c1-2-3-17-28-18-13-14-25-32(28)34(31-23-11-6-12-24-31)27-16-15-26-33(29-19-7-4-8-20-29)30-21-9-5-10-22-30;/h4-14,18-25H,2-3,15-17,26-27H2,1H3;1H. The Bertz CT molecular complexity index is 1060. The third-order valence-corrected chi connectivity index (χ3v) is 11.6. The van der Waals surface area contributed by atoms with Gasteiger partial charge in [-0.1, -0.05) is 129 Å². The lowest BCUT2D eigenvalue weighted by molar-refractivity contribution is 0.798. The average Bonchev–Trinajstić information content (AvgIpc) is 2.91. The first-order valence-corrected chi connectivity index (χ1v) is 15.7. The van der Waals surface area contributed by atoms with Gasteiger partial charge in [0.25, 0.3) is 0 Å². The van der Waals surface area contributed by atoms with E-state index in [0.29, 0.717) is 0 Å². The first kappa shape index (κ1) is 27.8. The quantitative estimate of drug-likeness (QED) is 0.121. The molecule has 0 nitrogen and oxygen atoms in total. The monoisotopic (exact) mass is 562 g/mol. The molecule has 4 aromatic carbocycles. The number of hydrogen-bond acceptors (Lipinski definition) is 0. The molecule has 0 heterocycles. The zero-order valence-corrected chi connectivity index (χ0v) is 24.2. The third kappa shape index (κ3) is 8.11. The highest BCUT2D eigenvalue weighted by molar-refractivity contribution is 8.93. The Labute approximate surface area is 225 Å². The summed E-state index contributed by atoms with van der Waals surface area (Å²) in [7, 11) is -0.618. The van der Waals surface area contributed by atoms with Crippen LogP contribution in [0.15, 0.2) is 115 Å². The van der Waals surface area contributed by atoms with Gasteiger partial charge < -0.3 is 0 Å². The van der Waals surface area contributed by atoms with Crippen LogP contribution in [0.5, 0.6) is 0 Å². The van der Waals surface area contributed by atoms with Gasteiger partial charge in [0.2, 0.25) is 0 Å². The molecule has 0 bridgehead atoms. The molecule has 0 aliphatic carbocycles. The van der Waals surface area contributed by atoms with Crippen molar-refractivity contribution in [2.75, 3.05) is 12.3 Å². The summed E-state index contributed by atoms with van der Waals surface area (Å²) in [6.45, 7) is 2.29. The second-order valence-corrected chi connectivity index (χ2v) is 13.4. The summed E-state index contributed by atoms with van der Waals surface area (Å²) in [5.74, 6) is 0. The Morgan fingerprint density at radius 1 is 0.486 bits per heavy atom. The molecule has 0 radical (unpaired) electrons. The molecule has 35 heavy (non-hydrogen) atoms. The summed E-state index contributed by atoms with van der Waals surface area (Å²) in [4.78, 5) is 0. The van der Waals surface area contributed by atoms with Crippen LogP contribution < -0.4 is 21.2 Å². The maximum atomic E-state index is 2.41. The molecule has 0 aliphatic rings. The van der Waals surface area contributed by atoms with E-state index in [-0.39, 0.29) is 32.8 Å². The van der Waals surface area contributed by atoms with Crippen molar-refractivity contribution >= 4 is 54.0 Å². The van der Waals surface area contributed by atoms with Crippen LogP contribution in [-0.2, 0) is 6.42 Å². The third-order valence-electron chi connectivity index (χ3n) is 6.30. The van der Waals surface area contributed by atoms with Gasteiger partial charge in [0, 0.05) is 0 Å². The van der Waals surface area contributed by atoms with Gasteiger partial charge in [-0.2, -0.15) is 0 Å². The van der Waals surface area contributed by atoms with E-state index in [9.17, 15) is 0 Å². The van der Waals surface area contributed by atoms with E-state index >= 15 is 0 Å². The summed E-state index contributed by atoms with van der Waals surface area (Å²) < 4.78 is 0. The number of rotatable bonds is 12. The Morgan fingerprint density at radius 3 is 1.43 bits per heavy atom. The van der Waals surface area contributed by atoms with Gasteiger partial charge in [-0.3, -0.25) is 0 Å². The van der Waals surface area contributed by atoms with E-state index in [1.165, 1.54) is 60.3 Å². The molecule has 1 atom stereocenters. The molecule has 0 spiro atoms. The Morgan fingerprint density at radius 2 is 0.914 bits per heavy atom. The van der Waals surface area contributed by atoms with E-state index < -0.39 is 0 Å². The Hall–Kier alpha value is -1.78. The Kier molecular flexibility index (Phi) is 12.2. The molecule has 0 N–H and O–H groups in total. The van der Waals surface area contributed by atoms with E-state index in [1.54, 1.807) is 10.9 Å². The number of unbranched alkanes of at least 4 members (excludes halogenated alkanes) is 2. The van der Waals surface area contributed by atoms with Gasteiger partial charge in [-0.25, -0.2) is 0 Å². The summed E-state index contributed by atoms with van der Waals surface area (Å²) in [6.07, 6.45) is 8.81. The van der Waals surface area contributed by atoms with Crippen molar-refractivity contribution in [3.63, 3.8) is 0 Å². The number of hydrogen-bond donors (Lipinski definition) is 0. The first-order valence-electron chi connectivity index (χ1n) is 12.6. The number of aryl methyl sites for hydroxylation is 1. The van der Waals surface area contributed by atoms with Gasteiger partial charge >= 0.3 is 0 Å². The van der Waals surface area contributed by atoms with Crippen LogP contribution in [0.3, 0.4) is 0 Å². The summed E-state index contributed by atoms with van der Waals surface area (Å²) >= 11 is 0. The molecule has 0 saturated heterocycles. The van der Waals surface area contributed by atoms with E-state index in [1.807, 2.05) is 0 Å². The molecule has 4 aromatic rings. The van der Waals surface area contributed by atoms with Crippen molar-refractivity contribution in [3.8, 4) is 0 Å². The van der Waals surface area contributed by atoms with Gasteiger partial charge in [0.15, 0.2) is 0 Å². The molecule has 1 unspecified atom stereocenters. The molecular weight excluding hydrogens is 526 g/mol. The van der Waals surface area contributed by atoms with Crippen LogP contribution in [0.2, 0.25) is 0 Å². The van der Waals surface area contributed by atoms with Crippen LogP contribution in [0.4, 0.5) is 0 Å². The highest BCUT2D eigenvalue weighted by Gasteiger charge is 2.18. The topological polar surface area (TPSA) is 0 Å². The van der Waals surface area contributed by atoms with Gasteiger partial charge in [-0.05, 0) is 80.6 Å². The minimum atomic E-state index is -0.320. The minimum absolute atomic E-state index is 0. The molecular formula is C32H37BrP2. The molecule has 4 rings (SSSR count). The fourth-order valence-corrected chi connectivity index (χ4v) is 9.58. The summed E-state index contributed by atoms with van der Waals surface area (Å²) in [6, 6.07) is 42.8. The highest BCUT2D eigenvalue weighted by Crippen LogP contribution is 2.39. The zero-order valence-electron chi connectivity index (χ0n) is 20.7. The number of benzene rings is 4. The van der Waals surface area contributed by atoms with Crippen molar-refractivity contribution in [3.05, 3.63) is 121 Å². The lowest BCUT2D eigenvalue weighted by Gasteiger charge is -2.23. The van der Waals surface area contributed by atoms with Crippen molar-refractivity contribution in [1.29, 1.82) is 0 Å². The SMILES string of the molecule is Br.CCCCc1ccccc1P(CCCCP(c1ccccc1)c1ccccc1)c1ccccc1. The summed E-state index contributed by atoms with van der Waals surface area (Å²) in [5, 5.41) is 6.12. The summed E-state index contributed by atoms with van der Waals surface area (Å²) in [5.41, 5.74) is 1.56. The molecule has 0 saturated carbocycles. The highest BCUT2D eigenvalue weighted by atomic mass is 79.9. The van der Waals surface area contributed by atoms with Crippen LogP contribution >= 0.6 is 32.8 Å². The molecule has 0 amide bonds.